The molecule has 2 saturated heterocycles. The number of hydrogen-bond donors (Lipinski definition) is 1. The first kappa shape index (κ1) is 24.0. The van der Waals surface area contributed by atoms with Gasteiger partial charge in [0.2, 0.25) is 5.91 Å². The summed E-state index contributed by atoms with van der Waals surface area (Å²) in [5, 5.41) is 2.96. The van der Waals surface area contributed by atoms with Crippen LogP contribution in [0.5, 0.6) is 0 Å². The number of hydrogen-bond acceptors (Lipinski definition) is 4. The molecule has 2 fully saturated rings. The molecule has 7 heteroatoms. The number of rotatable bonds is 9. The first-order valence-electron chi connectivity index (χ1n) is 12.2. The zero-order valence-electron chi connectivity index (χ0n) is 19.5. The van der Waals surface area contributed by atoms with Crippen LogP contribution in [0.15, 0.2) is 60.7 Å². The minimum absolute atomic E-state index is 0.0162. The number of carbonyl (C=O) groups excluding carboxylic acids is 3. The molecule has 34 heavy (non-hydrogen) atoms. The minimum Gasteiger partial charge on any atom is -0.369 e. The van der Waals surface area contributed by atoms with Crippen LogP contribution in [0.3, 0.4) is 0 Å². The Hall–Kier alpha value is -3.19. The zero-order valence-corrected chi connectivity index (χ0v) is 19.5. The van der Waals surface area contributed by atoms with E-state index in [-0.39, 0.29) is 24.3 Å². The highest BCUT2D eigenvalue weighted by atomic mass is 16.5. The second-order valence-electron chi connectivity index (χ2n) is 8.95. The van der Waals surface area contributed by atoms with E-state index in [9.17, 15) is 14.4 Å². The van der Waals surface area contributed by atoms with Gasteiger partial charge in [0, 0.05) is 19.6 Å². The lowest BCUT2D eigenvalue weighted by molar-refractivity contribution is -0.142. The van der Waals surface area contributed by atoms with E-state index < -0.39 is 12.1 Å². The molecule has 2 heterocycles. The molecule has 2 atom stereocenters. The lowest BCUT2D eigenvalue weighted by atomic mass is 10.1. The minimum atomic E-state index is -0.504. The Balaban J connectivity index is 1.28. The van der Waals surface area contributed by atoms with E-state index in [0.29, 0.717) is 39.1 Å². The van der Waals surface area contributed by atoms with Crippen LogP contribution in [0.1, 0.15) is 36.8 Å². The maximum Gasteiger partial charge on any atom is 0.318 e. The van der Waals surface area contributed by atoms with Gasteiger partial charge in [-0.15, -0.1) is 0 Å². The van der Waals surface area contributed by atoms with Crippen molar-refractivity contribution in [1.29, 1.82) is 0 Å². The number of Topliss-reactive ketones (excluding diaryl/α,β-unsaturated/α-hetero) is 1. The molecule has 2 aliphatic rings. The summed E-state index contributed by atoms with van der Waals surface area (Å²) in [4.78, 5) is 42.4. The summed E-state index contributed by atoms with van der Waals surface area (Å²) in [7, 11) is 0. The van der Waals surface area contributed by atoms with Crippen LogP contribution in [0.4, 0.5) is 4.79 Å². The average molecular weight is 464 g/mol. The standard InChI is InChI=1S/C27H33N3O4/c31-25(20-34-19-22-11-5-2-6-12-22)23-13-7-17-29(23)26(32)24-14-8-18-30(24)27(33)28-16-15-21-9-3-1-4-10-21/h1-6,9-12,23-24H,7-8,13-20H2,(H,28,33)/t23-,24-/m0/s1. The van der Waals surface area contributed by atoms with E-state index in [1.165, 1.54) is 0 Å². The number of carbonyl (C=O) groups is 3. The Labute approximate surface area is 201 Å². The van der Waals surface area contributed by atoms with Gasteiger partial charge in [-0.05, 0) is 43.2 Å². The van der Waals surface area contributed by atoms with Crippen LogP contribution in [-0.4, -0.2) is 65.8 Å². The second kappa shape index (κ2) is 11.8. The molecule has 0 aromatic heterocycles. The van der Waals surface area contributed by atoms with Crippen molar-refractivity contribution in [1.82, 2.24) is 15.1 Å². The van der Waals surface area contributed by atoms with Crippen LogP contribution in [0, 0.1) is 0 Å². The predicted octanol–water partition coefficient (Wildman–Crippen LogP) is 3.18. The van der Waals surface area contributed by atoms with Crippen LogP contribution >= 0.6 is 0 Å². The van der Waals surface area contributed by atoms with Crippen molar-refractivity contribution in [3.63, 3.8) is 0 Å². The summed E-state index contributed by atoms with van der Waals surface area (Å²) in [5.74, 6) is -0.187. The SMILES string of the molecule is O=C(COCc1ccccc1)[C@@H]1CCCN1C(=O)[C@@H]1CCCN1C(=O)NCCc1ccccc1. The maximum absolute atomic E-state index is 13.4. The Morgan fingerprint density at radius 1 is 0.824 bits per heavy atom. The third-order valence-corrected chi connectivity index (χ3v) is 6.59. The third-order valence-electron chi connectivity index (χ3n) is 6.59. The Morgan fingerprint density at radius 3 is 2.15 bits per heavy atom. The highest BCUT2D eigenvalue weighted by Gasteiger charge is 2.41. The Kier molecular flexibility index (Phi) is 8.31. The van der Waals surface area contributed by atoms with Crippen molar-refractivity contribution in [3.05, 3.63) is 71.8 Å². The number of amides is 3. The average Bonchev–Trinajstić information content (AvgIpc) is 3.55. The largest absolute Gasteiger partial charge is 0.369 e. The number of nitrogens with one attached hydrogen (secondary N) is 1. The maximum atomic E-state index is 13.4. The van der Waals surface area contributed by atoms with Crippen molar-refractivity contribution < 1.29 is 19.1 Å². The van der Waals surface area contributed by atoms with E-state index in [2.05, 4.69) is 5.32 Å². The number of likely N-dealkylation sites (tertiary alicyclic amines) is 2. The number of urea groups is 1. The van der Waals surface area contributed by atoms with E-state index in [1.807, 2.05) is 60.7 Å². The molecule has 0 spiro atoms. The third kappa shape index (κ3) is 6.03. The van der Waals surface area contributed by atoms with Gasteiger partial charge in [0.15, 0.2) is 5.78 Å². The lowest BCUT2D eigenvalue weighted by Crippen LogP contribution is -2.53. The van der Waals surface area contributed by atoms with Gasteiger partial charge in [-0.25, -0.2) is 4.79 Å². The summed E-state index contributed by atoms with van der Waals surface area (Å²) >= 11 is 0. The molecule has 2 aromatic carbocycles. The smallest absolute Gasteiger partial charge is 0.318 e. The van der Waals surface area contributed by atoms with Crippen LogP contribution in [-0.2, 0) is 27.4 Å². The molecule has 0 saturated carbocycles. The molecule has 2 aromatic rings. The van der Waals surface area contributed by atoms with Gasteiger partial charge < -0.3 is 19.9 Å². The monoisotopic (exact) mass is 463 g/mol. The highest BCUT2D eigenvalue weighted by molar-refractivity contribution is 5.93. The number of benzene rings is 2. The fourth-order valence-corrected chi connectivity index (χ4v) is 4.82. The van der Waals surface area contributed by atoms with Gasteiger partial charge in [0.1, 0.15) is 12.6 Å². The van der Waals surface area contributed by atoms with Gasteiger partial charge in [0.05, 0.1) is 12.6 Å². The van der Waals surface area contributed by atoms with Gasteiger partial charge in [-0.3, -0.25) is 9.59 Å². The second-order valence-corrected chi connectivity index (χ2v) is 8.95. The summed E-state index contributed by atoms with van der Waals surface area (Å²) in [6.07, 6.45) is 3.60. The van der Waals surface area contributed by atoms with Crippen LogP contribution < -0.4 is 5.32 Å². The summed E-state index contributed by atoms with van der Waals surface area (Å²) in [6.45, 7) is 1.97. The predicted molar refractivity (Wildman–Crippen MR) is 129 cm³/mol. The summed E-state index contributed by atoms with van der Waals surface area (Å²) in [6, 6.07) is 18.5. The van der Waals surface area contributed by atoms with Crippen molar-refractivity contribution in [2.75, 3.05) is 26.2 Å². The molecule has 1 N–H and O–H groups in total. The van der Waals surface area contributed by atoms with E-state index in [4.69, 9.17) is 4.74 Å². The molecule has 7 nitrogen and oxygen atoms in total. The molecule has 0 aliphatic carbocycles. The quantitative estimate of drug-likeness (QED) is 0.620. The van der Waals surface area contributed by atoms with Gasteiger partial charge in [-0.1, -0.05) is 60.7 Å². The fraction of sp³-hybridized carbons (Fsp3) is 0.444. The molecule has 180 valence electrons. The van der Waals surface area contributed by atoms with Gasteiger partial charge in [-0.2, -0.15) is 0 Å². The molecule has 4 rings (SSSR count). The first-order chi connectivity index (χ1) is 16.6. The lowest BCUT2D eigenvalue weighted by Gasteiger charge is -2.31. The summed E-state index contributed by atoms with van der Waals surface area (Å²) in [5.41, 5.74) is 2.17. The first-order valence-corrected chi connectivity index (χ1v) is 12.2. The zero-order chi connectivity index (χ0) is 23.8. The van der Waals surface area contributed by atoms with E-state index in [1.54, 1.807) is 9.80 Å². The Bertz CT molecular complexity index is 889. The number of ketones is 1. The fourth-order valence-electron chi connectivity index (χ4n) is 4.82. The molecule has 2 aliphatic heterocycles. The van der Waals surface area contributed by atoms with Crippen molar-refractivity contribution >= 4 is 17.7 Å². The van der Waals surface area contributed by atoms with Gasteiger partial charge in [0.25, 0.3) is 0 Å². The van der Waals surface area contributed by atoms with Crippen LogP contribution in [0.2, 0.25) is 0 Å². The van der Waals surface area contributed by atoms with Crippen molar-refractivity contribution in [2.24, 2.45) is 0 Å². The van der Waals surface area contributed by atoms with Gasteiger partial charge >= 0.3 is 6.03 Å². The molecule has 0 bridgehead atoms. The van der Waals surface area contributed by atoms with Crippen molar-refractivity contribution in [2.45, 2.75) is 50.8 Å². The van der Waals surface area contributed by atoms with Crippen molar-refractivity contribution in [3.8, 4) is 0 Å². The molecular weight excluding hydrogens is 430 g/mol. The normalized spacial score (nSPS) is 19.9. The van der Waals surface area contributed by atoms with Crippen LogP contribution in [0.25, 0.3) is 0 Å². The van der Waals surface area contributed by atoms with E-state index >= 15 is 0 Å². The summed E-state index contributed by atoms with van der Waals surface area (Å²) < 4.78 is 5.63. The number of ether oxygens (including phenoxy) is 1. The van der Waals surface area contributed by atoms with E-state index in [0.717, 1.165) is 30.4 Å². The molecule has 0 radical (unpaired) electrons. The highest BCUT2D eigenvalue weighted by Crippen LogP contribution is 2.25. The Morgan fingerprint density at radius 2 is 1.44 bits per heavy atom. The molecule has 3 amide bonds. The number of nitrogens with zero attached hydrogens (tertiary/aromatic N) is 2. The topological polar surface area (TPSA) is 79.0 Å². The molecular formula is C27H33N3O4. The molecule has 0 unspecified atom stereocenters.